The number of hydrogen-bond acceptors (Lipinski definition) is 5. The monoisotopic (exact) mass is 435 g/mol. The third-order valence-corrected chi connectivity index (χ3v) is 5.96. The zero-order chi connectivity index (χ0) is 23.4. The number of aliphatic hydroxyl groups excluding tert-OH is 2. The molecule has 1 aliphatic carbocycles. The van der Waals surface area contributed by atoms with Gasteiger partial charge in [0, 0.05) is 29.1 Å². The van der Waals surface area contributed by atoms with Gasteiger partial charge in [-0.25, -0.2) is 4.98 Å². The van der Waals surface area contributed by atoms with Crippen molar-refractivity contribution in [1.29, 1.82) is 0 Å². The highest BCUT2D eigenvalue weighted by Crippen LogP contribution is 2.31. The molecular weight excluding hydrogens is 402 g/mol. The molecule has 1 aliphatic rings. The number of fused-ring (bicyclic) bond motifs is 1. The highest BCUT2D eigenvalue weighted by Gasteiger charge is 2.29. The Kier molecular flexibility index (Phi) is 7.59. The molecule has 1 saturated carbocycles. The molecule has 2 heterocycles. The van der Waals surface area contributed by atoms with Gasteiger partial charge in [-0.1, -0.05) is 24.6 Å². The van der Waals surface area contributed by atoms with Crippen molar-refractivity contribution < 1.29 is 15.0 Å². The maximum absolute atomic E-state index is 12.0. The molecule has 2 aromatic heterocycles. The van der Waals surface area contributed by atoms with Gasteiger partial charge >= 0.3 is 0 Å². The van der Waals surface area contributed by atoms with Crippen LogP contribution in [0.2, 0.25) is 0 Å². The molecule has 0 spiro atoms. The minimum absolute atomic E-state index is 0.0315. The summed E-state index contributed by atoms with van der Waals surface area (Å²) in [6, 6.07) is 3.82. The molecule has 3 rings (SSSR count). The Morgan fingerprint density at radius 1 is 1.19 bits per heavy atom. The molecule has 0 radical (unpaired) electrons. The van der Waals surface area contributed by atoms with Crippen LogP contribution in [0.3, 0.4) is 0 Å². The zero-order valence-corrected chi connectivity index (χ0v) is 19.5. The maximum Gasteiger partial charge on any atom is 0.228 e. The van der Waals surface area contributed by atoms with Crippen molar-refractivity contribution in [1.82, 2.24) is 9.97 Å². The smallest absolute Gasteiger partial charge is 0.228 e. The number of nitrogens with one attached hydrogen (secondary N) is 1. The Morgan fingerprint density at radius 3 is 2.44 bits per heavy atom. The first-order valence-corrected chi connectivity index (χ1v) is 11.2. The van der Waals surface area contributed by atoms with Gasteiger partial charge in [0.05, 0.1) is 11.8 Å². The molecule has 2 atom stereocenters. The van der Waals surface area contributed by atoms with Gasteiger partial charge < -0.3 is 15.5 Å². The van der Waals surface area contributed by atoms with Gasteiger partial charge in [0.2, 0.25) is 5.91 Å². The fraction of sp³-hybridized carbons (Fsp3) is 0.423. The van der Waals surface area contributed by atoms with Crippen LogP contribution in [0.25, 0.3) is 16.3 Å². The fourth-order valence-corrected chi connectivity index (χ4v) is 3.64. The molecule has 1 fully saturated rings. The number of allylic oxidation sites excluding steroid dienone is 4. The number of hydrogen-bond donors (Lipinski definition) is 3. The van der Waals surface area contributed by atoms with Crippen LogP contribution in [0.4, 0.5) is 5.82 Å². The second-order valence-electron chi connectivity index (χ2n) is 8.55. The summed E-state index contributed by atoms with van der Waals surface area (Å²) in [5.74, 6) is 0.704. The highest BCUT2D eigenvalue weighted by molar-refractivity contribution is 5.95. The van der Waals surface area contributed by atoms with Crippen LogP contribution < -0.4 is 5.32 Å². The number of anilines is 1. The second kappa shape index (κ2) is 10.2. The molecular formula is C26H33N3O3. The Hall–Kier alpha value is -2.83. The van der Waals surface area contributed by atoms with Gasteiger partial charge in [-0.2, -0.15) is 0 Å². The Labute approximate surface area is 189 Å². The number of carbonyl (C=O) groups excluding carboxylic acids is 1. The fourth-order valence-electron chi connectivity index (χ4n) is 3.64. The lowest BCUT2D eigenvalue weighted by molar-refractivity contribution is -0.117. The Balaban J connectivity index is 1.90. The predicted octanol–water partition coefficient (Wildman–Crippen LogP) is 4.80. The van der Waals surface area contributed by atoms with Crippen molar-refractivity contribution in [2.24, 2.45) is 5.92 Å². The predicted molar refractivity (Wildman–Crippen MR) is 129 cm³/mol. The standard InChI is InChI=1S/C26H33N3O3/c1-6-15(3)22(25(31)17(5)30)10-16(4)21(7-2)23-11-19-14-28-24(12-20(19)13-27-23)29-26(32)18-8-9-18/h7,10-14,17-18,25,30-31H,6,8-9H2,1-5H3,(H,28,29,32)/b16-10-,21-7+,22-15-. The van der Waals surface area contributed by atoms with Crippen LogP contribution in [-0.4, -0.2) is 38.3 Å². The molecule has 1 amide bonds. The normalized spacial score (nSPS) is 17.7. The van der Waals surface area contributed by atoms with Crippen LogP contribution in [0.15, 0.2) is 53.4 Å². The lowest BCUT2D eigenvalue weighted by Crippen LogP contribution is -2.25. The van der Waals surface area contributed by atoms with E-state index in [0.717, 1.165) is 58.0 Å². The van der Waals surface area contributed by atoms with E-state index in [0.29, 0.717) is 5.82 Å². The van der Waals surface area contributed by atoms with E-state index in [2.05, 4.69) is 15.3 Å². The molecule has 0 saturated heterocycles. The Morgan fingerprint density at radius 2 is 1.84 bits per heavy atom. The van der Waals surface area contributed by atoms with Crippen LogP contribution in [0.5, 0.6) is 0 Å². The van der Waals surface area contributed by atoms with Crippen molar-refractivity contribution in [2.75, 3.05) is 5.32 Å². The van der Waals surface area contributed by atoms with Crippen molar-refractivity contribution in [3.63, 3.8) is 0 Å². The molecule has 2 aromatic rings. The van der Waals surface area contributed by atoms with Crippen molar-refractivity contribution in [3.05, 3.63) is 59.1 Å². The summed E-state index contributed by atoms with van der Waals surface area (Å²) < 4.78 is 0. The molecule has 3 N–H and O–H groups in total. The van der Waals surface area contributed by atoms with E-state index in [1.165, 1.54) is 0 Å². The summed E-state index contributed by atoms with van der Waals surface area (Å²) in [6.45, 7) is 9.53. The van der Waals surface area contributed by atoms with E-state index < -0.39 is 12.2 Å². The van der Waals surface area contributed by atoms with Crippen molar-refractivity contribution in [2.45, 2.75) is 66.1 Å². The van der Waals surface area contributed by atoms with Crippen molar-refractivity contribution in [3.8, 4) is 0 Å². The molecule has 2 unspecified atom stereocenters. The number of nitrogens with zero attached hydrogens (tertiary/aromatic N) is 2. The summed E-state index contributed by atoms with van der Waals surface area (Å²) >= 11 is 0. The van der Waals surface area contributed by atoms with Gasteiger partial charge in [-0.05, 0) is 75.8 Å². The first-order chi connectivity index (χ1) is 15.2. The number of pyridine rings is 2. The first-order valence-electron chi connectivity index (χ1n) is 11.2. The van der Waals surface area contributed by atoms with E-state index in [-0.39, 0.29) is 11.8 Å². The zero-order valence-electron chi connectivity index (χ0n) is 19.5. The molecule has 32 heavy (non-hydrogen) atoms. The van der Waals surface area contributed by atoms with Crippen molar-refractivity contribution >= 4 is 28.1 Å². The minimum Gasteiger partial charge on any atom is -0.390 e. The quantitative estimate of drug-likeness (QED) is 0.518. The first kappa shape index (κ1) is 23.8. The summed E-state index contributed by atoms with van der Waals surface area (Å²) in [7, 11) is 0. The average molecular weight is 436 g/mol. The largest absolute Gasteiger partial charge is 0.390 e. The van der Waals surface area contributed by atoms with Gasteiger partial charge in [-0.15, -0.1) is 0 Å². The van der Waals surface area contributed by atoms with E-state index in [1.54, 1.807) is 19.3 Å². The van der Waals surface area contributed by atoms with Gasteiger partial charge in [0.1, 0.15) is 11.9 Å². The lowest BCUT2D eigenvalue weighted by Gasteiger charge is -2.19. The summed E-state index contributed by atoms with van der Waals surface area (Å²) in [6.07, 6.45) is 8.35. The van der Waals surface area contributed by atoms with Crippen LogP contribution >= 0.6 is 0 Å². The van der Waals surface area contributed by atoms with E-state index in [1.807, 2.05) is 52.0 Å². The van der Waals surface area contributed by atoms with Crippen LogP contribution in [0, 0.1) is 5.92 Å². The van der Waals surface area contributed by atoms with Gasteiger partial charge in [-0.3, -0.25) is 9.78 Å². The minimum atomic E-state index is -0.943. The lowest BCUT2D eigenvalue weighted by atomic mass is 9.93. The number of aromatic nitrogens is 2. The second-order valence-corrected chi connectivity index (χ2v) is 8.55. The highest BCUT2D eigenvalue weighted by atomic mass is 16.3. The molecule has 6 nitrogen and oxygen atoms in total. The van der Waals surface area contributed by atoms with Crippen LogP contribution in [0.1, 0.15) is 59.6 Å². The van der Waals surface area contributed by atoms with E-state index in [9.17, 15) is 15.0 Å². The van der Waals surface area contributed by atoms with E-state index in [4.69, 9.17) is 0 Å². The third-order valence-electron chi connectivity index (χ3n) is 5.96. The number of rotatable bonds is 8. The number of carbonyl (C=O) groups is 1. The molecule has 0 aromatic carbocycles. The topological polar surface area (TPSA) is 95.3 Å². The molecule has 0 aliphatic heterocycles. The summed E-state index contributed by atoms with van der Waals surface area (Å²) in [4.78, 5) is 21.0. The number of aliphatic hydroxyl groups is 2. The SMILES string of the molecule is C\C=C(/C(C)=C\C(=C(/C)CC)C(O)C(C)O)c1cc2cnc(NC(=O)C3CC3)cc2cn1. The Bertz CT molecular complexity index is 1090. The molecule has 0 bridgehead atoms. The van der Waals surface area contributed by atoms with Gasteiger partial charge in [0.15, 0.2) is 0 Å². The number of amides is 1. The summed E-state index contributed by atoms with van der Waals surface area (Å²) in [5, 5.41) is 25.1. The van der Waals surface area contributed by atoms with Crippen LogP contribution in [-0.2, 0) is 4.79 Å². The van der Waals surface area contributed by atoms with Gasteiger partial charge in [0.25, 0.3) is 0 Å². The summed E-state index contributed by atoms with van der Waals surface area (Å²) in [5.41, 5.74) is 4.45. The molecule has 170 valence electrons. The maximum atomic E-state index is 12.0. The third kappa shape index (κ3) is 5.50. The molecule has 6 heteroatoms. The van der Waals surface area contributed by atoms with E-state index >= 15 is 0 Å². The average Bonchev–Trinajstić information content (AvgIpc) is 3.62.